The molecule has 0 aliphatic carbocycles. The lowest BCUT2D eigenvalue weighted by molar-refractivity contribution is -0.159. The Balaban J connectivity index is 2.30. The summed E-state index contributed by atoms with van der Waals surface area (Å²) in [6.07, 6.45) is 1.47. The average molecular weight is 493 g/mol. The highest BCUT2D eigenvalue weighted by Gasteiger charge is 2.40. The van der Waals surface area contributed by atoms with Crippen LogP contribution >= 0.6 is 11.6 Å². The number of carbonyl (C=O) groups is 2. The molecule has 0 fully saturated rings. The predicted octanol–water partition coefficient (Wildman–Crippen LogP) is 6.29. The number of benzene rings is 2. The lowest BCUT2D eigenvalue weighted by atomic mass is 9.74. The van der Waals surface area contributed by atoms with Crippen LogP contribution in [0.4, 0.5) is 4.39 Å². The van der Waals surface area contributed by atoms with Gasteiger partial charge in [-0.1, -0.05) is 49.2 Å². The summed E-state index contributed by atoms with van der Waals surface area (Å²) >= 11 is 6.01. The summed E-state index contributed by atoms with van der Waals surface area (Å²) in [5.74, 6) is -2.23. The Morgan fingerprint density at radius 3 is 2.29 bits per heavy atom. The molecular weight excluding hydrogens is 459 g/mol. The Bertz CT molecular complexity index is 984. The van der Waals surface area contributed by atoms with Crippen LogP contribution in [-0.2, 0) is 20.7 Å². The van der Waals surface area contributed by atoms with Gasteiger partial charge < -0.3 is 14.9 Å². The smallest absolute Gasteiger partial charge is 0.311 e. The second-order valence-corrected chi connectivity index (χ2v) is 10.3. The van der Waals surface area contributed by atoms with E-state index in [1.165, 1.54) is 12.1 Å². The van der Waals surface area contributed by atoms with E-state index in [0.717, 1.165) is 5.56 Å². The number of aliphatic carboxylic acids is 1. The number of carboxylic acids is 1. The van der Waals surface area contributed by atoms with Crippen LogP contribution in [0.15, 0.2) is 42.5 Å². The Kier molecular flexibility index (Phi) is 9.65. The number of aliphatic hydroxyl groups excluding tert-OH is 1. The van der Waals surface area contributed by atoms with Gasteiger partial charge in [0.2, 0.25) is 0 Å². The topological polar surface area (TPSA) is 83.8 Å². The third-order valence-electron chi connectivity index (χ3n) is 5.76. The molecule has 0 aromatic heterocycles. The molecule has 5 nitrogen and oxygen atoms in total. The van der Waals surface area contributed by atoms with Crippen molar-refractivity contribution in [2.24, 2.45) is 11.3 Å². The van der Waals surface area contributed by atoms with Gasteiger partial charge in [0.25, 0.3) is 0 Å². The van der Waals surface area contributed by atoms with Crippen LogP contribution in [0.5, 0.6) is 0 Å². The van der Waals surface area contributed by atoms with Crippen molar-refractivity contribution in [3.8, 4) is 11.1 Å². The van der Waals surface area contributed by atoms with E-state index in [1.807, 2.05) is 19.1 Å². The first kappa shape index (κ1) is 27.8. The van der Waals surface area contributed by atoms with Crippen molar-refractivity contribution >= 4 is 23.5 Å². The molecule has 34 heavy (non-hydrogen) atoms. The van der Waals surface area contributed by atoms with E-state index in [1.54, 1.807) is 39.0 Å². The van der Waals surface area contributed by atoms with Gasteiger partial charge in [0, 0.05) is 17.0 Å². The highest BCUT2D eigenvalue weighted by molar-refractivity contribution is 6.30. The molecule has 0 heterocycles. The van der Waals surface area contributed by atoms with E-state index in [2.05, 4.69) is 0 Å². The molecule has 0 bridgehead atoms. The molecule has 2 aromatic carbocycles. The number of rotatable bonds is 11. The van der Waals surface area contributed by atoms with E-state index in [0.29, 0.717) is 35.4 Å². The average Bonchev–Trinajstić information content (AvgIpc) is 2.74. The second-order valence-electron chi connectivity index (χ2n) is 9.88. The number of carboxylic acid groups (broad SMARTS) is 1. The monoisotopic (exact) mass is 492 g/mol. The number of hydrogen-bond donors (Lipinski definition) is 2. The van der Waals surface area contributed by atoms with Gasteiger partial charge in [0.15, 0.2) is 0 Å². The number of esters is 1. The van der Waals surface area contributed by atoms with Crippen LogP contribution in [0.3, 0.4) is 0 Å². The third-order valence-corrected chi connectivity index (χ3v) is 5.99. The van der Waals surface area contributed by atoms with Crippen LogP contribution in [-0.4, -0.2) is 34.4 Å². The molecule has 0 saturated carbocycles. The van der Waals surface area contributed by atoms with E-state index in [4.69, 9.17) is 16.3 Å². The summed E-state index contributed by atoms with van der Waals surface area (Å²) < 4.78 is 19.7. The molecular formula is C27H34ClFO5. The van der Waals surface area contributed by atoms with Crippen LogP contribution in [0.25, 0.3) is 11.1 Å². The summed E-state index contributed by atoms with van der Waals surface area (Å²) in [5, 5.41) is 20.3. The molecule has 0 saturated heterocycles. The first-order valence-electron chi connectivity index (χ1n) is 11.5. The standard InChI is InChI=1S/C27H34ClFO5/c1-5-12-27(17-30,25(32)33)16-19(14-24(31)34-26(2,3)4)13-18-6-8-20(9-7-18)22-15-21(28)10-11-23(22)29/h6-11,15,19,30H,5,12-14,16-17H2,1-4H3,(H,32,33)/t19-,27?/m0/s1. The Labute approximate surface area is 205 Å². The summed E-state index contributed by atoms with van der Waals surface area (Å²) in [6, 6.07) is 11.6. The zero-order valence-corrected chi connectivity index (χ0v) is 21.0. The van der Waals surface area contributed by atoms with E-state index in [-0.39, 0.29) is 24.6 Å². The van der Waals surface area contributed by atoms with Gasteiger partial charge in [0.1, 0.15) is 11.4 Å². The molecule has 0 spiro atoms. The van der Waals surface area contributed by atoms with Gasteiger partial charge in [0.05, 0.1) is 12.0 Å². The van der Waals surface area contributed by atoms with E-state index >= 15 is 0 Å². The first-order chi connectivity index (χ1) is 15.9. The van der Waals surface area contributed by atoms with Crippen molar-refractivity contribution in [2.75, 3.05) is 6.61 Å². The van der Waals surface area contributed by atoms with E-state index < -0.39 is 29.6 Å². The van der Waals surface area contributed by atoms with Crippen LogP contribution in [0.1, 0.15) is 58.9 Å². The molecule has 0 radical (unpaired) electrons. The van der Waals surface area contributed by atoms with Crippen molar-refractivity contribution in [1.29, 1.82) is 0 Å². The van der Waals surface area contributed by atoms with Gasteiger partial charge >= 0.3 is 11.9 Å². The normalized spacial score (nSPS) is 14.3. The fourth-order valence-corrected chi connectivity index (χ4v) is 4.42. The number of carbonyl (C=O) groups excluding carboxylic acids is 1. The van der Waals surface area contributed by atoms with Crippen molar-refractivity contribution in [3.63, 3.8) is 0 Å². The lowest BCUT2D eigenvalue weighted by Gasteiger charge is -2.31. The van der Waals surface area contributed by atoms with Gasteiger partial charge in [-0.05, 0) is 75.3 Å². The SMILES string of the molecule is CCCC(CO)(C[C@H](CC(=O)OC(C)(C)C)Cc1ccc(-c2cc(Cl)ccc2F)cc1)C(=O)O. The molecule has 7 heteroatoms. The van der Waals surface area contributed by atoms with Gasteiger partial charge in [-0.2, -0.15) is 0 Å². The Hall–Kier alpha value is -2.44. The maximum absolute atomic E-state index is 14.2. The highest BCUT2D eigenvalue weighted by atomic mass is 35.5. The number of halogens is 2. The van der Waals surface area contributed by atoms with Gasteiger partial charge in [-0.25, -0.2) is 4.39 Å². The van der Waals surface area contributed by atoms with E-state index in [9.17, 15) is 24.2 Å². The molecule has 2 N–H and O–H groups in total. The molecule has 0 amide bonds. The maximum Gasteiger partial charge on any atom is 0.311 e. The largest absolute Gasteiger partial charge is 0.481 e. The second kappa shape index (κ2) is 11.8. The summed E-state index contributed by atoms with van der Waals surface area (Å²) in [5.41, 5.74) is -0.0699. The van der Waals surface area contributed by atoms with Crippen LogP contribution in [0.2, 0.25) is 5.02 Å². The number of ether oxygens (including phenoxy) is 1. The Morgan fingerprint density at radius 1 is 1.12 bits per heavy atom. The molecule has 0 aliphatic rings. The van der Waals surface area contributed by atoms with Crippen molar-refractivity contribution in [2.45, 2.75) is 65.4 Å². The predicted molar refractivity (Wildman–Crippen MR) is 131 cm³/mol. The number of aliphatic hydroxyl groups is 1. The summed E-state index contributed by atoms with van der Waals surface area (Å²) in [7, 11) is 0. The molecule has 0 aliphatic heterocycles. The minimum atomic E-state index is -1.33. The summed E-state index contributed by atoms with van der Waals surface area (Å²) in [6.45, 7) is 6.69. The highest BCUT2D eigenvalue weighted by Crippen LogP contribution is 2.36. The van der Waals surface area contributed by atoms with Crippen molar-refractivity contribution in [3.05, 3.63) is 58.9 Å². The van der Waals surface area contributed by atoms with Crippen LogP contribution < -0.4 is 0 Å². The molecule has 1 unspecified atom stereocenters. The lowest BCUT2D eigenvalue weighted by Crippen LogP contribution is -2.38. The quantitative estimate of drug-likeness (QED) is 0.360. The van der Waals surface area contributed by atoms with Crippen molar-refractivity contribution in [1.82, 2.24) is 0 Å². The first-order valence-corrected chi connectivity index (χ1v) is 11.9. The van der Waals surface area contributed by atoms with Gasteiger partial charge in [-0.15, -0.1) is 0 Å². The number of hydrogen-bond acceptors (Lipinski definition) is 4. The third kappa shape index (κ3) is 7.81. The minimum absolute atomic E-state index is 0.0285. The molecule has 2 rings (SSSR count). The zero-order chi connectivity index (χ0) is 25.5. The fourth-order valence-electron chi connectivity index (χ4n) is 4.25. The van der Waals surface area contributed by atoms with Crippen molar-refractivity contribution < 1.29 is 28.9 Å². The Morgan fingerprint density at radius 2 is 1.76 bits per heavy atom. The summed E-state index contributed by atoms with van der Waals surface area (Å²) in [4.78, 5) is 24.7. The van der Waals surface area contributed by atoms with Crippen LogP contribution in [0, 0.1) is 17.2 Å². The molecule has 2 atom stereocenters. The maximum atomic E-state index is 14.2. The zero-order valence-electron chi connectivity index (χ0n) is 20.2. The fraction of sp³-hybridized carbons (Fsp3) is 0.481. The molecule has 2 aromatic rings. The minimum Gasteiger partial charge on any atom is -0.481 e. The van der Waals surface area contributed by atoms with Gasteiger partial charge in [-0.3, -0.25) is 9.59 Å². The molecule has 186 valence electrons.